The number of hydrogen-bond acceptors (Lipinski definition) is 4. The molecule has 0 aliphatic rings. The summed E-state index contributed by atoms with van der Waals surface area (Å²) in [5, 5.41) is 10.7. The predicted molar refractivity (Wildman–Crippen MR) is 30.5 cm³/mol. The van der Waals surface area contributed by atoms with Crippen molar-refractivity contribution in [3.63, 3.8) is 0 Å². The van der Waals surface area contributed by atoms with Crippen LogP contribution >= 0.6 is 12.6 Å². The lowest BCUT2D eigenvalue weighted by Crippen LogP contribution is -2.09. The zero-order valence-corrected chi connectivity index (χ0v) is 4.64. The van der Waals surface area contributed by atoms with Crippen molar-refractivity contribution in [1.29, 1.82) is 0 Å². The standard InChI is InChI=1S/C3H7NO2S/c5-1-3(2-7)4-6/h3,5,7H,1-2H2. The Bertz CT molecular complexity index is 54.9. The minimum atomic E-state index is -0.525. The van der Waals surface area contributed by atoms with E-state index in [-0.39, 0.29) is 6.61 Å². The smallest absolute Gasteiger partial charge is 0.124 e. The monoisotopic (exact) mass is 121 g/mol. The van der Waals surface area contributed by atoms with Gasteiger partial charge in [-0.3, -0.25) is 0 Å². The molecule has 0 saturated heterocycles. The van der Waals surface area contributed by atoms with Crippen LogP contribution in [0.4, 0.5) is 0 Å². The molecule has 4 heteroatoms. The average molecular weight is 121 g/mol. The van der Waals surface area contributed by atoms with Crippen LogP contribution in [0.25, 0.3) is 0 Å². The number of thiol groups is 1. The molecule has 0 saturated carbocycles. The van der Waals surface area contributed by atoms with Crippen molar-refractivity contribution < 1.29 is 5.11 Å². The summed E-state index contributed by atoms with van der Waals surface area (Å²) in [6.07, 6.45) is 0. The third-order valence-corrected chi connectivity index (χ3v) is 0.992. The quantitative estimate of drug-likeness (QED) is 0.409. The first-order valence-corrected chi connectivity index (χ1v) is 2.52. The SMILES string of the molecule is O=NC(CO)CS. The zero-order chi connectivity index (χ0) is 5.70. The highest BCUT2D eigenvalue weighted by atomic mass is 32.1. The van der Waals surface area contributed by atoms with Gasteiger partial charge in [-0.05, 0) is 0 Å². The second kappa shape index (κ2) is 4.08. The molecule has 0 aliphatic carbocycles. The minimum Gasteiger partial charge on any atom is -0.394 e. The molecule has 0 fully saturated rings. The van der Waals surface area contributed by atoms with Crippen molar-refractivity contribution in [2.45, 2.75) is 6.04 Å². The van der Waals surface area contributed by atoms with Gasteiger partial charge in [-0.25, -0.2) is 0 Å². The summed E-state index contributed by atoms with van der Waals surface area (Å²) in [5.41, 5.74) is 0. The van der Waals surface area contributed by atoms with Crippen LogP contribution in [0.1, 0.15) is 0 Å². The number of rotatable bonds is 3. The van der Waals surface area contributed by atoms with Crippen LogP contribution in [-0.4, -0.2) is 23.5 Å². The van der Waals surface area contributed by atoms with Gasteiger partial charge in [-0.15, -0.1) is 0 Å². The highest BCUT2D eigenvalue weighted by Crippen LogP contribution is 1.89. The van der Waals surface area contributed by atoms with Gasteiger partial charge < -0.3 is 5.11 Å². The Balaban J connectivity index is 3.16. The summed E-state index contributed by atoms with van der Waals surface area (Å²) >= 11 is 3.72. The lowest BCUT2D eigenvalue weighted by atomic mass is 10.4. The number of nitroso groups, excluding NO2 is 1. The van der Waals surface area contributed by atoms with Crippen LogP contribution in [0.15, 0.2) is 5.18 Å². The molecule has 0 radical (unpaired) electrons. The van der Waals surface area contributed by atoms with Gasteiger partial charge in [0, 0.05) is 5.75 Å². The Kier molecular flexibility index (Phi) is 4.03. The molecule has 0 aromatic heterocycles. The van der Waals surface area contributed by atoms with Crippen molar-refractivity contribution in [3.8, 4) is 0 Å². The zero-order valence-electron chi connectivity index (χ0n) is 3.74. The fourth-order valence-electron chi connectivity index (χ4n) is 0.124. The average Bonchev–Trinajstić information content (AvgIpc) is 1.72. The lowest BCUT2D eigenvalue weighted by Gasteiger charge is -1.94. The Labute approximate surface area is 47.1 Å². The summed E-state index contributed by atoms with van der Waals surface area (Å²) in [7, 11) is 0. The molecule has 0 heterocycles. The van der Waals surface area contributed by atoms with E-state index in [1.807, 2.05) is 0 Å². The van der Waals surface area contributed by atoms with E-state index in [0.717, 1.165) is 0 Å². The molecular weight excluding hydrogens is 114 g/mol. The first-order chi connectivity index (χ1) is 3.35. The predicted octanol–water partition coefficient (Wildman–Crippen LogP) is 0.0435. The maximum Gasteiger partial charge on any atom is 0.124 e. The Morgan fingerprint density at radius 2 is 2.43 bits per heavy atom. The second-order valence-electron chi connectivity index (χ2n) is 1.12. The third-order valence-electron chi connectivity index (χ3n) is 0.571. The summed E-state index contributed by atoms with van der Waals surface area (Å²) in [6.45, 7) is -0.201. The molecular formula is C3H7NO2S. The number of hydrogen-bond donors (Lipinski definition) is 2. The van der Waals surface area contributed by atoms with E-state index >= 15 is 0 Å². The Morgan fingerprint density at radius 1 is 1.86 bits per heavy atom. The Hall–Kier alpha value is -0.0900. The maximum atomic E-state index is 9.51. The van der Waals surface area contributed by atoms with E-state index in [1.165, 1.54) is 0 Å². The third kappa shape index (κ3) is 2.59. The lowest BCUT2D eigenvalue weighted by molar-refractivity contribution is 0.276. The van der Waals surface area contributed by atoms with Crippen LogP contribution in [0, 0.1) is 4.91 Å². The summed E-state index contributed by atoms with van der Waals surface area (Å²) in [4.78, 5) is 9.51. The molecule has 1 unspecified atom stereocenters. The molecule has 3 nitrogen and oxygen atoms in total. The molecule has 0 aromatic rings. The van der Waals surface area contributed by atoms with Gasteiger partial charge in [0.1, 0.15) is 6.04 Å². The highest BCUT2D eigenvalue weighted by molar-refractivity contribution is 7.80. The molecule has 1 atom stereocenters. The van der Waals surface area contributed by atoms with E-state index in [2.05, 4.69) is 17.8 Å². The first-order valence-electron chi connectivity index (χ1n) is 1.89. The summed E-state index contributed by atoms with van der Waals surface area (Å²) < 4.78 is 0. The molecule has 0 aliphatic heterocycles. The largest absolute Gasteiger partial charge is 0.394 e. The van der Waals surface area contributed by atoms with Crippen LogP contribution < -0.4 is 0 Å². The van der Waals surface area contributed by atoms with E-state index < -0.39 is 6.04 Å². The van der Waals surface area contributed by atoms with Gasteiger partial charge in [-0.1, -0.05) is 5.18 Å². The van der Waals surface area contributed by atoms with Crippen LogP contribution in [0.3, 0.4) is 0 Å². The van der Waals surface area contributed by atoms with Gasteiger partial charge in [0.15, 0.2) is 0 Å². The fraction of sp³-hybridized carbons (Fsp3) is 1.00. The summed E-state index contributed by atoms with van der Waals surface area (Å²) in [6, 6.07) is -0.525. The van der Waals surface area contributed by atoms with E-state index in [4.69, 9.17) is 5.11 Å². The topological polar surface area (TPSA) is 49.7 Å². The van der Waals surface area contributed by atoms with Crippen LogP contribution in [0.2, 0.25) is 0 Å². The minimum absolute atomic E-state index is 0.201. The molecule has 1 N–H and O–H groups in total. The molecule has 0 bridgehead atoms. The number of aliphatic hydroxyl groups excluding tert-OH is 1. The van der Waals surface area contributed by atoms with E-state index in [1.54, 1.807) is 0 Å². The fourth-order valence-corrected chi connectivity index (χ4v) is 0.307. The molecule has 0 aromatic carbocycles. The normalized spacial score (nSPS) is 13.4. The van der Waals surface area contributed by atoms with Gasteiger partial charge in [0.05, 0.1) is 6.61 Å². The van der Waals surface area contributed by atoms with Gasteiger partial charge in [0.2, 0.25) is 0 Å². The molecule has 42 valence electrons. The molecule has 0 spiro atoms. The molecule has 7 heavy (non-hydrogen) atoms. The van der Waals surface area contributed by atoms with E-state index in [9.17, 15) is 4.91 Å². The number of aliphatic hydroxyl groups is 1. The van der Waals surface area contributed by atoms with Crippen LogP contribution in [-0.2, 0) is 0 Å². The number of nitrogens with zero attached hydrogens (tertiary/aromatic N) is 1. The van der Waals surface area contributed by atoms with Crippen molar-refractivity contribution in [2.75, 3.05) is 12.4 Å². The second-order valence-corrected chi connectivity index (χ2v) is 1.49. The molecule has 0 amide bonds. The van der Waals surface area contributed by atoms with Crippen molar-refractivity contribution in [1.82, 2.24) is 0 Å². The van der Waals surface area contributed by atoms with E-state index in [0.29, 0.717) is 5.75 Å². The van der Waals surface area contributed by atoms with Gasteiger partial charge in [-0.2, -0.15) is 17.5 Å². The van der Waals surface area contributed by atoms with Crippen molar-refractivity contribution in [2.24, 2.45) is 5.18 Å². The van der Waals surface area contributed by atoms with Gasteiger partial charge >= 0.3 is 0 Å². The van der Waals surface area contributed by atoms with Gasteiger partial charge in [0.25, 0.3) is 0 Å². The van der Waals surface area contributed by atoms with Crippen LogP contribution in [0.5, 0.6) is 0 Å². The Morgan fingerprint density at radius 3 is 2.43 bits per heavy atom. The summed E-state index contributed by atoms with van der Waals surface area (Å²) in [5.74, 6) is 0.319. The maximum absolute atomic E-state index is 9.51. The van der Waals surface area contributed by atoms with Crippen molar-refractivity contribution >= 4 is 12.6 Å². The van der Waals surface area contributed by atoms with Crippen molar-refractivity contribution in [3.05, 3.63) is 4.91 Å². The highest BCUT2D eigenvalue weighted by Gasteiger charge is 2.00. The first kappa shape index (κ1) is 6.91. The molecule has 0 rings (SSSR count).